The number of ether oxygens (including phenoxy) is 3. The summed E-state index contributed by atoms with van der Waals surface area (Å²) in [5, 5.41) is 0. The highest BCUT2D eigenvalue weighted by Gasteiger charge is 2.21. The van der Waals surface area contributed by atoms with Crippen LogP contribution in [-0.4, -0.2) is 41.0 Å². The molecule has 8 heteroatoms. The minimum absolute atomic E-state index is 0.00806. The third-order valence-corrected chi connectivity index (χ3v) is 5.95. The maximum absolute atomic E-state index is 14.4. The van der Waals surface area contributed by atoms with Crippen LogP contribution in [0.3, 0.4) is 0 Å². The first kappa shape index (κ1) is 18.7. The van der Waals surface area contributed by atoms with Crippen molar-refractivity contribution in [3.8, 4) is 22.6 Å². The highest BCUT2D eigenvalue weighted by molar-refractivity contribution is 7.85. The van der Waals surface area contributed by atoms with Gasteiger partial charge in [0.2, 0.25) is 6.79 Å². The number of piperidine rings is 1. The Labute approximate surface area is 164 Å². The van der Waals surface area contributed by atoms with E-state index in [1.165, 1.54) is 12.1 Å². The van der Waals surface area contributed by atoms with Crippen LogP contribution in [0.5, 0.6) is 11.5 Å². The molecule has 28 heavy (non-hydrogen) atoms. The van der Waals surface area contributed by atoms with E-state index in [-0.39, 0.29) is 18.5 Å². The molecule has 0 radical (unpaired) electrons. The van der Waals surface area contributed by atoms with Gasteiger partial charge in [0.25, 0.3) is 0 Å². The van der Waals surface area contributed by atoms with Gasteiger partial charge in [-0.15, -0.1) is 0 Å². The number of likely N-dealkylation sites (tertiary alicyclic amines) is 1. The van der Waals surface area contributed by atoms with Crippen molar-refractivity contribution in [1.82, 2.24) is 4.90 Å². The van der Waals surface area contributed by atoms with Gasteiger partial charge in [0.15, 0.2) is 17.5 Å². The molecule has 1 atom stereocenters. The first-order chi connectivity index (χ1) is 13.6. The lowest BCUT2D eigenvalue weighted by molar-refractivity contribution is 0.0299. The fourth-order valence-electron chi connectivity index (χ4n) is 3.28. The van der Waals surface area contributed by atoms with Crippen molar-refractivity contribution < 1.29 is 27.6 Å². The molecule has 0 bridgehead atoms. The Kier molecular flexibility index (Phi) is 5.47. The molecule has 2 aliphatic rings. The Hall–Kier alpha value is -2.61. The third-order valence-electron chi connectivity index (χ3n) is 4.79. The van der Waals surface area contributed by atoms with Crippen LogP contribution >= 0.6 is 0 Å². The lowest BCUT2D eigenvalue weighted by atomic mass is 10.1. The minimum Gasteiger partial charge on any atom is -0.479 e. The van der Waals surface area contributed by atoms with Gasteiger partial charge in [-0.2, -0.15) is 0 Å². The summed E-state index contributed by atoms with van der Waals surface area (Å²) in [6.45, 7) is 1.02. The van der Waals surface area contributed by atoms with E-state index in [2.05, 4.69) is 0 Å². The number of nitrogens with zero attached hydrogens (tertiary/aromatic N) is 1. The first-order valence-corrected chi connectivity index (χ1v) is 10.4. The summed E-state index contributed by atoms with van der Waals surface area (Å²) in [5.74, 6) is 0.155. The van der Waals surface area contributed by atoms with Crippen molar-refractivity contribution in [3.63, 3.8) is 0 Å². The van der Waals surface area contributed by atoms with Gasteiger partial charge in [0.1, 0.15) is 5.75 Å². The summed E-state index contributed by atoms with van der Waals surface area (Å²) in [6.07, 6.45) is 2.62. The predicted octanol–water partition coefficient (Wildman–Crippen LogP) is 3.91. The Morgan fingerprint density at radius 1 is 1.11 bits per heavy atom. The molecule has 2 aromatic carbocycles. The third kappa shape index (κ3) is 3.96. The number of benzene rings is 2. The average Bonchev–Trinajstić information content (AvgIpc) is 3.10. The number of hydrogen-bond acceptors (Lipinski definition) is 5. The van der Waals surface area contributed by atoms with Crippen LogP contribution in [0.2, 0.25) is 0 Å². The molecule has 0 aliphatic carbocycles. The molecular weight excluding hydrogens is 385 g/mol. The monoisotopic (exact) mass is 405 g/mol. The number of carbonyl (C=O) groups excluding carboxylic acids is 1. The molecule has 0 N–H and O–H groups in total. The summed E-state index contributed by atoms with van der Waals surface area (Å²) in [7, 11) is -1.14. The highest BCUT2D eigenvalue weighted by Crippen LogP contribution is 2.34. The standard InChI is InChI=1S/C20H20FNO5S/c21-16-10-14(15-5-7-19-18(11-15)27-13-28(19)24)4-6-17(16)25-12-26-20(23)22-8-2-1-3-9-22/h4-7,10-11H,1-3,8-9,12-13H2. The molecule has 6 nitrogen and oxygen atoms in total. The number of amides is 1. The molecular formula is C20H20FNO5S. The smallest absolute Gasteiger partial charge is 0.412 e. The lowest BCUT2D eigenvalue weighted by Crippen LogP contribution is -2.36. The van der Waals surface area contributed by atoms with Gasteiger partial charge in [0.05, 0.1) is 15.7 Å². The second kappa shape index (κ2) is 8.18. The van der Waals surface area contributed by atoms with E-state index in [0.717, 1.165) is 24.8 Å². The SMILES string of the molecule is O=C(OCOc1ccc(-c2ccc3c(c2)OCS3=O)cc1F)N1CCCCC1. The summed E-state index contributed by atoms with van der Waals surface area (Å²) >= 11 is 0. The number of rotatable bonds is 4. The van der Waals surface area contributed by atoms with E-state index >= 15 is 0 Å². The average molecular weight is 405 g/mol. The molecule has 1 saturated heterocycles. The highest BCUT2D eigenvalue weighted by atomic mass is 32.2. The topological polar surface area (TPSA) is 65.1 Å². The van der Waals surface area contributed by atoms with Gasteiger partial charge >= 0.3 is 6.09 Å². The summed E-state index contributed by atoms with van der Waals surface area (Å²) in [6, 6.07) is 9.80. The van der Waals surface area contributed by atoms with Crippen LogP contribution in [0.4, 0.5) is 9.18 Å². The molecule has 0 aromatic heterocycles. The Bertz CT molecular complexity index is 913. The zero-order valence-electron chi connectivity index (χ0n) is 15.2. The van der Waals surface area contributed by atoms with Crippen LogP contribution in [0.1, 0.15) is 19.3 Å². The van der Waals surface area contributed by atoms with Crippen molar-refractivity contribution in [1.29, 1.82) is 0 Å². The minimum atomic E-state index is -1.14. The molecule has 0 spiro atoms. The van der Waals surface area contributed by atoms with Gasteiger partial charge in [0, 0.05) is 13.1 Å². The molecule has 0 saturated carbocycles. The van der Waals surface area contributed by atoms with Crippen LogP contribution in [0, 0.1) is 5.82 Å². The number of hydrogen-bond donors (Lipinski definition) is 0. The van der Waals surface area contributed by atoms with Gasteiger partial charge < -0.3 is 19.1 Å². The van der Waals surface area contributed by atoms with E-state index in [0.29, 0.717) is 29.3 Å². The zero-order chi connectivity index (χ0) is 19.5. The molecule has 1 fully saturated rings. The molecule has 4 rings (SSSR count). The second-order valence-electron chi connectivity index (χ2n) is 6.63. The summed E-state index contributed by atoms with van der Waals surface area (Å²) < 4.78 is 41.8. The number of halogens is 1. The number of fused-ring (bicyclic) bond motifs is 1. The Morgan fingerprint density at radius 2 is 1.86 bits per heavy atom. The summed E-state index contributed by atoms with van der Waals surface area (Å²) in [4.78, 5) is 14.2. The number of carbonyl (C=O) groups is 1. The molecule has 2 aromatic rings. The maximum atomic E-state index is 14.4. The van der Waals surface area contributed by atoms with Crippen LogP contribution in [0.25, 0.3) is 11.1 Å². The van der Waals surface area contributed by atoms with E-state index in [1.807, 2.05) is 0 Å². The molecule has 2 aliphatic heterocycles. The second-order valence-corrected chi connectivity index (χ2v) is 8.00. The normalized spacial score (nSPS) is 18.3. The van der Waals surface area contributed by atoms with Crippen molar-refractivity contribution in [2.75, 3.05) is 25.8 Å². The van der Waals surface area contributed by atoms with Crippen LogP contribution < -0.4 is 9.47 Å². The molecule has 148 valence electrons. The van der Waals surface area contributed by atoms with Gasteiger partial charge in [-0.25, -0.2) is 9.18 Å². The van der Waals surface area contributed by atoms with Gasteiger partial charge in [-0.1, -0.05) is 12.1 Å². The van der Waals surface area contributed by atoms with Crippen LogP contribution in [0.15, 0.2) is 41.3 Å². The first-order valence-electron chi connectivity index (χ1n) is 9.11. The largest absolute Gasteiger partial charge is 0.479 e. The predicted molar refractivity (Wildman–Crippen MR) is 101 cm³/mol. The van der Waals surface area contributed by atoms with Gasteiger partial charge in [-0.05, 0) is 54.7 Å². The van der Waals surface area contributed by atoms with E-state index in [1.54, 1.807) is 29.2 Å². The summed E-state index contributed by atoms with van der Waals surface area (Å²) in [5.41, 5.74) is 1.39. The van der Waals surface area contributed by atoms with Crippen molar-refractivity contribution in [2.24, 2.45) is 0 Å². The van der Waals surface area contributed by atoms with Crippen molar-refractivity contribution >= 4 is 16.9 Å². The Balaban J connectivity index is 1.38. The molecule has 1 amide bonds. The van der Waals surface area contributed by atoms with Gasteiger partial charge in [-0.3, -0.25) is 4.21 Å². The lowest BCUT2D eigenvalue weighted by Gasteiger charge is -2.25. The molecule has 2 heterocycles. The van der Waals surface area contributed by atoms with Crippen molar-refractivity contribution in [3.05, 3.63) is 42.2 Å². The van der Waals surface area contributed by atoms with E-state index in [4.69, 9.17) is 14.2 Å². The quantitative estimate of drug-likeness (QED) is 0.722. The fraction of sp³-hybridized carbons (Fsp3) is 0.350. The Morgan fingerprint density at radius 3 is 2.64 bits per heavy atom. The van der Waals surface area contributed by atoms with E-state index in [9.17, 15) is 13.4 Å². The maximum Gasteiger partial charge on any atom is 0.412 e. The van der Waals surface area contributed by atoms with Crippen LogP contribution in [-0.2, 0) is 15.5 Å². The zero-order valence-corrected chi connectivity index (χ0v) is 16.0. The van der Waals surface area contributed by atoms with Crippen molar-refractivity contribution in [2.45, 2.75) is 24.2 Å². The fourth-order valence-corrected chi connectivity index (χ4v) is 4.20. The molecule has 1 unspecified atom stereocenters. The van der Waals surface area contributed by atoms with E-state index < -0.39 is 22.7 Å².